The first-order valence-electron chi connectivity index (χ1n) is 7.42. The van der Waals surface area contributed by atoms with Gasteiger partial charge in [0, 0.05) is 33.0 Å². The number of halogens is 1. The molecule has 0 unspecified atom stereocenters. The van der Waals surface area contributed by atoms with Gasteiger partial charge in [0.2, 0.25) is 0 Å². The number of aliphatic imine (C=N–C) groups is 1. The minimum Gasteiger partial charge on any atom is -0.492 e. The lowest BCUT2D eigenvalue weighted by Crippen LogP contribution is -2.38. The lowest BCUT2D eigenvalue weighted by Gasteiger charge is -2.12. The highest BCUT2D eigenvalue weighted by Crippen LogP contribution is 2.10. The number of ether oxygens (including phenoxy) is 1. The van der Waals surface area contributed by atoms with E-state index in [2.05, 4.69) is 34.8 Å². The van der Waals surface area contributed by atoms with Crippen LogP contribution in [-0.2, 0) is 13.6 Å². The molecule has 0 spiro atoms. The van der Waals surface area contributed by atoms with E-state index in [1.165, 1.54) is 11.1 Å². The second-order valence-corrected chi connectivity index (χ2v) is 5.20. The number of nitrogens with one attached hydrogen (secondary N) is 2. The van der Waals surface area contributed by atoms with Crippen molar-refractivity contribution >= 4 is 29.9 Å². The molecule has 23 heavy (non-hydrogen) atoms. The Kier molecular flexibility index (Phi) is 8.53. The van der Waals surface area contributed by atoms with Crippen LogP contribution >= 0.6 is 24.0 Å². The number of hydrogen-bond donors (Lipinski definition) is 2. The second kappa shape index (κ2) is 10.1. The summed E-state index contributed by atoms with van der Waals surface area (Å²) >= 11 is 0. The molecule has 0 saturated carbocycles. The smallest absolute Gasteiger partial charge is 0.191 e. The van der Waals surface area contributed by atoms with E-state index in [9.17, 15) is 0 Å². The standard InChI is InChI=1S/C17H24N4O.HI/c1-14-4-6-16(7-5-14)22-11-9-19-17(18-2)20-12-15-8-10-21(3)13-15;/h4-8,10,13H,9,11-12H2,1-3H3,(H2,18,19,20);1H. The zero-order valence-electron chi connectivity index (χ0n) is 13.9. The van der Waals surface area contributed by atoms with Crippen molar-refractivity contribution in [2.45, 2.75) is 13.5 Å². The largest absolute Gasteiger partial charge is 0.492 e. The Morgan fingerprint density at radius 2 is 1.91 bits per heavy atom. The number of benzene rings is 1. The highest BCUT2D eigenvalue weighted by atomic mass is 127. The molecular formula is C17H25IN4O. The molecule has 0 aliphatic carbocycles. The predicted octanol–water partition coefficient (Wildman–Crippen LogP) is 2.70. The first-order valence-corrected chi connectivity index (χ1v) is 7.42. The zero-order valence-corrected chi connectivity index (χ0v) is 16.2. The summed E-state index contributed by atoms with van der Waals surface area (Å²) in [7, 11) is 3.78. The van der Waals surface area contributed by atoms with E-state index in [1.54, 1.807) is 7.05 Å². The maximum atomic E-state index is 5.67. The number of hydrogen-bond acceptors (Lipinski definition) is 2. The van der Waals surface area contributed by atoms with Gasteiger partial charge >= 0.3 is 0 Å². The molecule has 5 nitrogen and oxygen atoms in total. The number of aromatic nitrogens is 1. The molecule has 2 N–H and O–H groups in total. The summed E-state index contributed by atoms with van der Waals surface area (Å²) in [5.41, 5.74) is 2.46. The molecule has 0 bridgehead atoms. The fourth-order valence-electron chi connectivity index (χ4n) is 2.04. The average Bonchev–Trinajstić information content (AvgIpc) is 2.94. The van der Waals surface area contributed by atoms with Crippen LogP contribution in [0.4, 0.5) is 0 Å². The van der Waals surface area contributed by atoms with Crippen LogP contribution < -0.4 is 15.4 Å². The van der Waals surface area contributed by atoms with E-state index in [0.29, 0.717) is 13.2 Å². The lowest BCUT2D eigenvalue weighted by atomic mass is 10.2. The molecule has 6 heteroatoms. The third-order valence-electron chi connectivity index (χ3n) is 3.26. The Morgan fingerprint density at radius 3 is 2.52 bits per heavy atom. The molecule has 2 aromatic rings. The number of rotatable bonds is 6. The highest BCUT2D eigenvalue weighted by molar-refractivity contribution is 14.0. The van der Waals surface area contributed by atoms with Crippen molar-refractivity contribution in [3.05, 3.63) is 53.9 Å². The molecule has 1 aromatic carbocycles. The van der Waals surface area contributed by atoms with Crippen LogP contribution in [-0.4, -0.2) is 30.7 Å². The van der Waals surface area contributed by atoms with Crippen molar-refractivity contribution in [1.82, 2.24) is 15.2 Å². The molecule has 126 valence electrons. The van der Waals surface area contributed by atoms with Crippen LogP contribution in [0.5, 0.6) is 5.75 Å². The van der Waals surface area contributed by atoms with Crippen LogP contribution in [0.3, 0.4) is 0 Å². The number of guanidine groups is 1. The summed E-state index contributed by atoms with van der Waals surface area (Å²) in [5.74, 6) is 1.66. The quantitative estimate of drug-likeness (QED) is 0.322. The summed E-state index contributed by atoms with van der Waals surface area (Å²) in [5, 5.41) is 6.51. The molecule has 1 heterocycles. The van der Waals surface area contributed by atoms with Gasteiger partial charge in [0.15, 0.2) is 5.96 Å². The van der Waals surface area contributed by atoms with Crippen molar-refractivity contribution < 1.29 is 4.74 Å². The molecule has 0 fully saturated rings. The lowest BCUT2D eigenvalue weighted by molar-refractivity contribution is 0.322. The van der Waals surface area contributed by atoms with Gasteiger partial charge in [-0.05, 0) is 30.7 Å². The molecule has 0 saturated heterocycles. The summed E-state index contributed by atoms with van der Waals surface area (Å²) < 4.78 is 7.70. The van der Waals surface area contributed by atoms with Gasteiger partial charge in [0.1, 0.15) is 12.4 Å². The number of aryl methyl sites for hydroxylation is 2. The van der Waals surface area contributed by atoms with E-state index in [1.807, 2.05) is 42.1 Å². The molecule has 0 aliphatic rings. The normalized spacial score (nSPS) is 10.8. The Hall–Kier alpha value is -1.70. The second-order valence-electron chi connectivity index (χ2n) is 5.20. The maximum absolute atomic E-state index is 5.67. The third-order valence-corrected chi connectivity index (χ3v) is 3.26. The van der Waals surface area contributed by atoms with Crippen molar-refractivity contribution in [2.24, 2.45) is 12.0 Å². The van der Waals surface area contributed by atoms with Gasteiger partial charge in [0.05, 0.1) is 6.54 Å². The van der Waals surface area contributed by atoms with E-state index in [-0.39, 0.29) is 24.0 Å². The fraction of sp³-hybridized carbons (Fsp3) is 0.353. The third kappa shape index (κ3) is 6.94. The predicted molar refractivity (Wildman–Crippen MR) is 106 cm³/mol. The molecule has 0 radical (unpaired) electrons. The zero-order chi connectivity index (χ0) is 15.8. The molecule has 1 aromatic heterocycles. The first-order chi connectivity index (χ1) is 10.7. The maximum Gasteiger partial charge on any atom is 0.191 e. The molecular weight excluding hydrogens is 403 g/mol. The molecule has 0 atom stereocenters. The summed E-state index contributed by atoms with van der Waals surface area (Å²) in [6.07, 6.45) is 4.11. The highest BCUT2D eigenvalue weighted by Gasteiger charge is 1.99. The van der Waals surface area contributed by atoms with Crippen molar-refractivity contribution in [1.29, 1.82) is 0 Å². The van der Waals surface area contributed by atoms with Gasteiger partial charge in [0.25, 0.3) is 0 Å². The minimum atomic E-state index is 0. The van der Waals surface area contributed by atoms with E-state index in [0.717, 1.165) is 18.3 Å². The first kappa shape index (κ1) is 19.3. The number of nitrogens with zero attached hydrogens (tertiary/aromatic N) is 2. The van der Waals surface area contributed by atoms with Gasteiger partial charge < -0.3 is 19.9 Å². The van der Waals surface area contributed by atoms with Crippen molar-refractivity contribution in [2.75, 3.05) is 20.2 Å². The van der Waals surface area contributed by atoms with Crippen molar-refractivity contribution in [3.8, 4) is 5.75 Å². The Bertz CT molecular complexity index is 607. The Morgan fingerprint density at radius 1 is 1.17 bits per heavy atom. The topological polar surface area (TPSA) is 50.6 Å². The van der Waals surface area contributed by atoms with Gasteiger partial charge in [-0.15, -0.1) is 24.0 Å². The minimum absolute atomic E-state index is 0. The molecule has 0 amide bonds. The van der Waals surface area contributed by atoms with Crippen LogP contribution in [0.25, 0.3) is 0 Å². The van der Waals surface area contributed by atoms with Crippen LogP contribution in [0, 0.1) is 6.92 Å². The summed E-state index contributed by atoms with van der Waals surface area (Å²) in [4.78, 5) is 4.20. The van der Waals surface area contributed by atoms with Gasteiger partial charge in [-0.2, -0.15) is 0 Å². The monoisotopic (exact) mass is 428 g/mol. The van der Waals surface area contributed by atoms with E-state index >= 15 is 0 Å². The Balaban J connectivity index is 0.00000264. The molecule has 0 aliphatic heterocycles. The van der Waals surface area contributed by atoms with Crippen LogP contribution in [0.2, 0.25) is 0 Å². The summed E-state index contributed by atoms with van der Waals surface area (Å²) in [6.45, 7) is 4.10. The van der Waals surface area contributed by atoms with Crippen molar-refractivity contribution in [3.63, 3.8) is 0 Å². The van der Waals surface area contributed by atoms with Gasteiger partial charge in [-0.3, -0.25) is 4.99 Å². The molecule has 2 rings (SSSR count). The van der Waals surface area contributed by atoms with Gasteiger partial charge in [-0.25, -0.2) is 0 Å². The van der Waals surface area contributed by atoms with Crippen LogP contribution in [0.1, 0.15) is 11.1 Å². The summed E-state index contributed by atoms with van der Waals surface area (Å²) in [6, 6.07) is 10.1. The van der Waals surface area contributed by atoms with E-state index < -0.39 is 0 Å². The SMILES string of the molecule is CN=C(NCCOc1ccc(C)cc1)NCc1ccn(C)c1.I. The van der Waals surface area contributed by atoms with E-state index in [4.69, 9.17) is 4.74 Å². The Labute approximate surface area is 155 Å². The van der Waals surface area contributed by atoms with Crippen LogP contribution in [0.15, 0.2) is 47.7 Å². The average molecular weight is 428 g/mol. The fourth-order valence-corrected chi connectivity index (χ4v) is 2.04. The van der Waals surface area contributed by atoms with Gasteiger partial charge in [-0.1, -0.05) is 17.7 Å².